The first-order chi connectivity index (χ1) is 6.68. The summed E-state index contributed by atoms with van der Waals surface area (Å²) in [6.07, 6.45) is 3.85. The molecule has 0 aromatic carbocycles. The predicted octanol–water partition coefficient (Wildman–Crippen LogP) is 3.30. The van der Waals surface area contributed by atoms with Gasteiger partial charge in [0.2, 0.25) is 0 Å². The summed E-state index contributed by atoms with van der Waals surface area (Å²) in [4.78, 5) is 2.58. The minimum absolute atomic E-state index is 0.316. The predicted molar refractivity (Wildman–Crippen MR) is 69.5 cm³/mol. The molecule has 2 radical (unpaired) electrons. The molecule has 1 rings (SSSR count). The van der Waals surface area contributed by atoms with Crippen LogP contribution in [0.25, 0.3) is 0 Å². The van der Waals surface area contributed by atoms with Crippen LogP contribution in [-0.2, 0) is 0 Å². The Morgan fingerprint density at radius 3 is 2.07 bits per heavy atom. The van der Waals surface area contributed by atoms with E-state index in [0.717, 1.165) is 0 Å². The molecule has 0 aromatic rings. The van der Waals surface area contributed by atoms with Crippen molar-refractivity contribution in [2.24, 2.45) is 0 Å². The monoisotopic (exact) mass is 315 g/mol. The van der Waals surface area contributed by atoms with Crippen LogP contribution in [0, 0.1) is 0 Å². The SMILES string of the molecule is C[C](C)(C)[Sn][C]1=CCN(C(C)(C)C)CC1. The number of hydrogen-bond acceptors (Lipinski definition) is 1. The van der Waals surface area contributed by atoms with Gasteiger partial charge in [-0.2, -0.15) is 0 Å². The van der Waals surface area contributed by atoms with Crippen molar-refractivity contribution in [1.29, 1.82) is 0 Å². The molecule has 86 valence electrons. The summed E-state index contributed by atoms with van der Waals surface area (Å²) in [6.45, 7) is 16.6. The first-order valence-corrected chi connectivity index (χ1v) is 8.76. The number of rotatable bonds is 1. The van der Waals surface area contributed by atoms with Crippen molar-refractivity contribution in [2.75, 3.05) is 13.1 Å². The van der Waals surface area contributed by atoms with Gasteiger partial charge < -0.3 is 0 Å². The molecule has 1 nitrogen and oxygen atoms in total. The fraction of sp³-hybridized carbons (Fsp3) is 0.846. The summed E-state index contributed by atoms with van der Waals surface area (Å²) in [5.41, 5.74) is 0.342. The van der Waals surface area contributed by atoms with Crippen molar-refractivity contribution in [3.05, 3.63) is 9.67 Å². The second-order valence-electron chi connectivity index (χ2n) is 6.47. The molecule has 2 heteroatoms. The molecule has 0 unspecified atom stereocenters. The van der Waals surface area contributed by atoms with E-state index in [4.69, 9.17) is 0 Å². The van der Waals surface area contributed by atoms with E-state index in [1.165, 1.54) is 19.5 Å². The Hall–Kier alpha value is 0.499. The van der Waals surface area contributed by atoms with E-state index in [0.29, 0.717) is 8.97 Å². The van der Waals surface area contributed by atoms with E-state index in [1.54, 1.807) is 0 Å². The summed E-state index contributed by atoms with van der Waals surface area (Å²) in [5, 5.41) is 0. The Morgan fingerprint density at radius 1 is 1.13 bits per heavy atom. The summed E-state index contributed by atoms with van der Waals surface area (Å²) >= 11 is -0.316. The maximum atomic E-state index is 2.58. The standard InChI is InChI=1S/C9H16N.C4H9.Sn/c1-9(2,3)10-7-5-4-6-8-10;1-4(2)3;/h5H,6-8H2,1-3H3;1-3H3;. The van der Waals surface area contributed by atoms with Crippen molar-refractivity contribution in [3.8, 4) is 0 Å². The van der Waals surface area contributed by atoms with Gasteiger partial charge in [-0.15, -0.1) is 0 Å². The van der Waals surface area contributed by atoms with E-state index >= 15 is 0 Å². The van der Waals surface area contributed by atoms with Gasteiger partial charge in [-0.25, -0.2) is 0 Å². The van der Waals surface area contributed by atoms with Crippen molar-refractivity contribution in [2.45, 2.75) is 56.9 Å². The summed E-state index contributed by atoms with van der Waals surface area (Å²) in [6, 6.07) is 0. The van der Waals surface area contributed by atoms with E-state index in [-0.39, 0.29) is 21.1 Å². The molecule has 0 aliphatic carbocycles. The first-order valence-electron chi connectivity index (χ1n) is 5.91. The Labute approximate surface area is 106 Å². The molecular weight excluding hydrogens is 289 g/mol. The van der Waals surface area contributed by atoms with Crippen LogP contribution in [0.5, 0.6) is 0 Å². The Morgan fingerprint density at radius 2 is 1.73 bits per heavy atom. The Kier molecular flexibility index (Phi) is 4.33. The quantitative estimate of drug-likeness (QED) is 0.671. The van der Waals surface area contributed by atoms with Gasteiger partial charge in [0.1, 0.15) is 0 Å². The van der Waals surface area contributed by atoms with Gasteiger partial charge in [0.05, 0.1) is 0 Å². The average Bonchev–Trinajstić information content (AvgIpc) is 2.00. The topological polar surface area (TPSA) is 3.24 Å². The molecule has 0 saturated carbocycles. The van der Waals surface area contributed by atoms with E-state index in [1.807, 2.05) is 3.59 Å². The third-order valence-corrected chi connectivity index (χ3v) is 7.05. The molecule has 0 aromatic heterocycles. The Bertz CT molecular complexity index is 242. The zero-order chi connectivity index (χ0) is 11.7. The fourth-order valence-electron chi connectivity index (χ4n) is 1.87. The van der Waals surface area contributed by atoms with Crippen LogP contribution < -0.4 is 0 Å². The van der Waals surface area contributed by atoms with Crippen LogP contribution >= 0.6 is 0 Å². The van der Waals surface area contributed by atoms with Crippen LogP contribution in [-0.4, -0.2) is 44.7 Å². The van der Waals surface area contributed by atoms with E-state index in [2.05, 4.69) is 52.5 Å². The van der Waals surface area contributed by atoms with Gasteiger partial charge in [0.15, 0.2) is 0 Å². The molecule has 1 heterocycles. The molecule has 0 spiro atoms. The number of hydrogen-bond donors (Lipinski definition) is 0. The molecule has 0 saturated heterocycles. The van der Waals surface area contributed by atoms with E-state index < -0.39 is 0 Å². The van der Waals surface area contributed by atoms with E-state index in [9.17, 15) is 0 Å². The van der Waals surface area contributed by atoms with Crippen molar-refractivity contribution < 1.29 is 0 Å². The summed E-state index contributed by atoms with van der Waals surface area (Å²) < 4.78 is 2.44. The molecule has 1 aliphatic rings. The van der Waals surface area contributed by atoms with Crippen LogP contribution in [0.3, 0.4) is 0 Å². The van der Waals surface area contributed by atoms with Gasteiger partial charge in [0.25, 0.3) is 0 Å². The Balaban J connectivity index is 2.53. The zero-order valence-corrected chi connectivity index (χ0v) is 14.0. The van der Waals surface area contributed by atoms with Gasteiger partial charge >= 0.3 is 106 Å². The van der Waals surface area contributed by atoms with Crippen LogP contribution in [0.2, 0.25) is 3.43 Å². The molecule has 0 bridgehead atoms. The van der Waals surface area contributed by atoms with Crippen LogP contribution in [0.1, 0.15) is 48.0 Å². The first kappa shape index (κ1) is 13.6. The summed E-state index contributed by atoms with van der Waals surface area (Å²) in [7, 11) is 0. The maximum absolute atomic E-state index is 2.58. The van der Waals surface area contributed by atoms with Gasteiger partial charge in [-0.05, 0) is 0 Å². The van der Waals surface area contributed by atoms with Crippen molar-refractivity contribution >= 4 is 21.1 Å². The van der Waals surface area contributed by atoms with Gasteiger partial charge in [0, 0.05) is 0 Å². The van der Waals surface area contributed by atoms with Crippen LogP contribution in [0.4, 0.5) is 0 Å². The minimum atomic E-state index is -0.316. The van der Waals surface area contributed by atoms with Crippen molar-refractivity contribution in [1.82, 2.24) is 4.90 Å². The molecule has 0 N–H and O–H groups in total. The van der Waals surface area contributed by atoms with Crippen molar-refractivity contribution in [3.63, 3.8) is 0 Å². The van der Waals surface area contributed by atoms with Crippen LogP contribution in [0.15, 0.2) is 9.67 Å². The molecular formula is C13H25NSn. The number of nitrogens with zero attached hydrogens (tertiary/aromatic N) is 1. The third kappa shape index (κ3) is 4.90. The molecule has 15 heavy (non-hydrogen) atoms. The molecule has 1 aliphatic heterocycles. The third-order valence-electron chi connectivity index (χ3n) is 2.69. The second-order valence-corrected chi connectivity index (χ2v) is 13.3. The van der Waals surface area contributed by atoms with Gasteiger partial charge in [-0.1, -0.05) is 0 Å². The van der Waals surface area contributed by atoms with Gasteiger partial charge in [-0.3, -0.25) is 0 Å². The molecule has 0 fully saturated rings. The fourth-order valence-corrected chi connectivity index (χ4v) is 5.85. The zero-order valence-electron chi connectivity index (χ0n) is 11.1. The second kappa shape index (κ2) is 4.78. The summed E-state index contributed by atoms with van der Waals surface area (Å²) in [5.74, 6) is 0. The average molecular weight is 314 g/mol. The molecule has 0 atom stereocenters. The normalized spacial score (nSPS) is 20.3. The molecule has 0 amide bonds.